The van der Waals surface area contributed by atoms with Crippen LogP contribution < -0.4 is 10.1 Å². The molecule has 4 aromatic carbocycles. The van der Waals surface area contributed by atoms with Crippen molar-refractivity contribution in [2.75, 3.05) is 0 Å². The molecule has 1 N–H and O–H groups in total. The topological polar surface area (TPSA) is 29.5 Å². The van der Waals surface area contributed by atoms with Crippen molar-refractivity contribution in [2.24, 2.45) is 0 Å². The highest BCUT2D eigenvalue weighted by Crippen LogP contribution is 2.54. The first-order chi connectivity index (χ1) is 18.7. The first kappa shape index (κ1) is 27.4. The van der Waals surface area contributed by atoms with E-state index in [1.165, 1.54) is 6.07 Å². The number of fused-ring (bicyclic) bond motifs is 3. The average molecular weight is 578 g/mol. The summed E-state index contributed by atoms with van der Waals surface area (Å²) in [6.07, 6.45) is 0. The minimum Gasteiger partial charge on any atom is -0.532 e. The summed E-state index contributed by atoms with van der Waals surface area (Å²) >= 11 is 0. The van der Waals surface area contributed by atoms with Gasteiger partial charge < -0.3 is 9.68 Å². The lowest BCUT2D eigenvalue weighted by Crippen LogP contribution is -2.44. The zero-order chi connectivity index (χ0) is 29.4. The Kier molecular flexibility index (Phi) is 6.32. The molecule has 0 saturated heterocycles. The van der Waals surface area contributed by atoms with Crippen LogP contribution in [0.2, 0.25) is 0 Å². The van der Waals surface area contributed by atoms with Crippen LogP contribution in [0, 0.1) is 58.2 Å². The monoisotopic (exact) mass is 578 g/mol. The molecule has 0 aliphatic heterocycles. The zero-order valence-corrected chi connectivity index (χ0v) is 18.9. The predicted octanol–water partition coefficient (Wildman–Crippen LogP) is 6.63. The van der Waals surface area contributed by atoms with Crippen molar-refractivity contribution in [3.63, 3.8) is 0 Å². The van der Waals surface area contributed by atoms with E-state index in [0.29, 0.717) is 6.07 Å². The van der Waals surface area contributed by atoms with Gasteiger partial charge in [0.2, 0.25) is 0 Å². The Balaban J connectivity index is 1.74. The molecule has 4 aromatic rings. The van der Waals surface area contributed by atoms with E-state index in [4.69, 9.17) is 4.65 Å². The highest BCUT2D eigenvalue weighted by molar-refractivity contribution is 6.61. The lowest BCUT2D eigenvalue weighted by atomic mass is 9.73. The van der Waals surface area contributed by atoms with Gasteiger partial charge in [0.1, 0.15) is 11.6 Å². The number of benzene rings is 4. The molecule has 2 nitrogen and oxygen atoms in total. The molecule has 0 aromatic heterocycles. The lowest BCUT2D eigenvalue weighted by molar-refractivity contribution is 0.0432. The number of hydrogen-bond donors (Lipinski definition) is 1. The van der Waals surface area contributed by atoms with Gasteiger partial charge in [0.15, 0.2) is 52.4 Å². The fraction of sp³-hybridized carbons (Fsp3) is 0.0400. The van der Waals surface area contributed by atoms with Crippen LogP contribution in [-0.2, 0) is 5.92 Å². The summed E-state index contributed by atoms with van der Waals surface area (Å²) in [6, 6.07) is 4.78. The normalized spacial score (nSPS) is 13.3. The number of halogens is 12. The maximum Gasteiger partial charge on any atom is 0.563 e. The molecule has 0 atom stereocenters. The van der Waals surface area contributed by atoms with Gasteiger partial charge in [-0.3, -0.25) is 0 Å². The quantitative estimate of drug-likeness (QED) is 0.128. The third-order valence-electron chi connectivity index (χ3n) is 6.16. The molecule has 0 saturated carbocycles. The number of alkyl halides is 2. The Morgan fingerprint density at radius 3 is 1.80 bits per heavy atom. The Labute approximate surface area is 215 Å². The SMILES string of the molecule is OB(Oc1ccccc1-c1cc(F)cc(F)c1F)c1c(F)c(F)c(F)c2c1C(F)(F)c1c(F)c(F)c(F)c(F)c1-2. The van der Waals surface area contributed by atoms with Crippen LogP contribution >= 0.6 is 0 Å². The Morgan fingerprint density at radius 1 is 0.600 bits per heavy atom. The maximum atomic E-state index is 15.4. The second kappa shape index (κ2) is 9.22. The minimum absolute atomic E-state index is 0.181. The molecule has 0 fully saturated rings. The fourth-order valence-corrected chi connectivity index (χ4v) is 4.48. The van der Waals surface area contributed by atoms with Crippen LogP contribution in [0.4, 0.5) is 52.7 Å². The van der Waals surface area contributed by atoms with Crippen LogP contribution in [0.1, 0.15) is 11.1 Å². The number of rotatable bonds is 4. The van der Waals surface area contributed by atoms with Crippen molar-refractivity contribution in [3.8, 4) is 28.0 Å². The van der Waals surface area contributed by atoms with E-state index in [9.17, 15) is 48.9 Å². The van der Waals surface area contributed by atoms with Gasteiger partial charge in [-0.2, -0.15) is 8.78 Å². The third kappa shape index (κ3) is 3.74. The summed E-state index contributed by atoms with van der Waals surface area (Å²) < 4.78 is 178. The summed E-state index contributed by atoms with van der Waals surface area (Å²) in [7, 11) is -3.10. The summed E-state index contributed by atoms with van der Waals surface area (Å²) in [5.41, 5.74) is -11.7. The molecule has 206 valence electrons. The highest BCUT2D eigenvalue weighted by atomic mass is 19.3. The minimum atomic E-state index is -5.10. The van der Waals surface area contributed by atoms with Crippen LogP contribution in [0.25, 0.3) is 22.3 Å². The van der Waals surface area contributed by atoms with Crippen LogP contribution in [-0.4, -0.2) is 12.1 Å². The maximum absolute atomic E-state index is 15.4. The second-order valence-electron chi connectivity index (χ2n) is 8.40. The number of hydrogen-bond acceptors (Lipinski definition) is 2. The van der Waals surface area contributed by atoms with Gasteiger partial charge >= 0.3 is 13.0 Å². The first-order valence-corrected chi connectivity index (χ1v) is 10.7. The highest BCUT2D eigenvalue weighted by Gasteiger charge is 2.56. The summed E-state index contributed by atoms with van der Waals surface area (Å²) in [5.74, 6) is -28.8. The Hall–Kier alpha value is -4.14. The van der Waals surface area contributed by atoms with Gasteiger partial charge in [0.25, 0.3) is 0 Å². The fourth-order valence-electron chi connectivity index (χ4n) is 4.48. The van der Waals surface area contributed by atoms with Crippen LogP contribution in [0.3, 0.4) is 0 Å². The summed E-state index contributed by atoms with van der Waals surface area (Å²) in [5, 5.41) is 10.6. The molecule has 0 unspecified atom stereocenters. The van der Waals surface area contributed by atoms with Gasteiger partial charge in [-0.1, -0.05) is 18.2 Å². The average Bonchev–Trinajstić information content (AvgIpc) is 3.14. The van der Waals surface area contributed by atoms with E-state index in [1.807, 2.05) is 0 Å². The van der Waals surface area contributed by atoms with E-state index in [2.05, 4.69) is 0 Å². The molecule has 0 radical (unpaired) electrons. The molecule has 0 spiro atoms. The smallest absolute Gasteiger partial charge is 0.532 e. The summed E-state index contributed by atoms with van der Waals surface area (Å²) in [6.45, 7) is 0. The third-order valence-corrected chi connectivity index (χ3v) is 6.16. The Bertz CT molecular complexity index is 1740. The molecular weight excluding hydrogens is 571 g/mol. The van der Waals surface area contributed by atoms with Crippen molar-refractivity contribution < 1.29 is 62.4 Å². The van der Waals surface area contributed by atoms with Crippen molar-refractivity contribution >= 4 is 12.6 Å². The van der Waals surface area contributed by atoms with Gasteiger partial charge in [-0.05, 0) is 12.1 Å². The second-order valence-corrected chi connectivity index (χ2v) is 8.40. The van der Waals surface area contributed by atoms with E-state index in [1.54, 1.807) is 0 Å². The van der Waals surface area contributed by atoms with E-state index in [0.717, 1.165) is 18.2 Å². The molecule has 0 amide bonds. The van der Waals surface area contributed by atoms with Crippen molar-refractivity contribution in [1.29, 1.82) is 0 Å². The van der Waals surface area contributed by atoms with Crippen molar-refractivity contribution in [1.82, 2.24) is 0 Å². The molecule has 40 heavy (non-hydrogen) atoms. The van der Waals surface area contributed by atoms with Gasteiger partial charge in [-0.15, -0.1) is 0 Å². The van der Waals surface area contributed by atoms with Gasteiger partial charge in [-0.25, -0.2) is 43.9 Å². The molecule has 0 heterocycles. The zero-order valence-electron chi connectivity index (χ0n) is 18.9. The molecule has 5 rings (SSSR count). The number of para-hydroxylation sites is 1. The molecular formula is C25H7BF12O2. The van der Waals surface area contributed by atoms with Gasteiger partial charge in [0.05, 0.1) is 5.56 Å². The lowest BCUT2D eigenvalue weighted by Gasteiger charge is -2.21. The largest absolute Gasteiger partial charge is 0.563 e. The molecule has 1 aliphatic rings. The van der Waals surface area contributed by atoms with E-state index < -0.39 is 116 Å². The van der Waals surface area contributed by atoms with E-state index in [-0.39, 0.29) is 6.07 Å². The standard InChI is InChI=1S/C25H7BF12O2/c27-7-5-9(17(29)10(28)6-7)8-3-1-2-4-11(8)40-26(39)16-14-12(18(30)22(34)21(16)33)13-15(25(14,37)38)20(32)24(36)23(35)19(13)31/h1-6,39H. The van der Waals surface area contributed by atoms with Crippen LogP contribution in [0.5, 0.6) is 5.75 Å². The van der Waals surface area contributed by atoms with E-state index >= 15 is 8.78 Å². The molecule has 15 heteroatoms. The summed E-state index contributed by atoms with van der Waals surface area (Å²) in [4.78, 5) is 0. The first-order valence-electron chi connectivity index (χ1n) is 10.7. The van der Waals surface area contributed by atoms with Crippen molar-refractivity contribution in [3.05, 3.63) is 106 Å². The molecule has 1 aliphatic carbocycles. The van der Waals surface area contributed by atoms with Gasteiger partial charge in [0, 0.05) is 39.3 Å². The molecule has 0 bridgehead atoms. The Morgan fingerprint density at radius 2 is 1.15 bits per heavy atom. The predicted molar refractivity (Wildman–Crippen MR) is 115 cm³/mol. The van der Waals surface area contributed by atoms with Crippen LogP contribution in [0.15, 0.2) is 36.4 Å². The van der Waals surface area contributed by atoms with Crippen molar-refractivity contribution in [2.45, 2.75) is 5.92 Å².